The molecule has 1 amide bonds. The van der Waals surface area contributed by atoms with Crippen molar-refractivity contribution in [1.29, 1.82) is 0 Å². The number of hydrogen-bond donors (Lipinski definition) is 1. The molecule has 0 radical (unpaired) electrons. The topological polar surface area (TPSA) is 35.6 Å². The predicted octanol–water partition coefficient (Wildman–Crippen LogP) is 3.24. The van der Waals surface area contributed by atoms with Gasteiger partial charge in [0.1, 0.15) is 6.04 Å². The third-order valence-corrected chi connectivity index (χ3v) is 4.51. The highest BCUT2D eigenvalue weighted by atomic mass is 16.2. The second kappa shape index (κ2) is 10.4. The fourth-order valence-electron chi connectivity index (χ4n) is 2.80. The maximum absolute atomic E-state index is 12.8. The Kier molecular flexibility index (Phi) is 8.89. The van der Waals surface area contributed by atoms with Crippen LogP contribution < -0.4 is 5.32 Å². The summed E-state index contributed by atoms with van der Waals surface area (Å²) in [6.07, 6.45) is 1.01. The summed E-state index contributed by atoms with van der Waals surface area (Å²) >= 11 is 0. The van der Waals surface area contributed by atoms with Crippen LogP contribution in [0.25, 0.3) is 0 Å². The lowest BCUT2D eigenvalue weighted by Crippen LogP contribution is -2.50. The van der Waals surface area contributed by atoms with Crippen molar-refractivity contribution < 1.29 is 4.79 Å². The summed E-state index contributed by atoms with van der Waals surface area (Å²) in [6, 6.07) is 8.02. The molecule has 0 aliphatic rings. The molecule has 0 bridgehead atoms. The molecule has 1 unspecified atom stereocenters. The molecule has 0 fully saturated rings. The molecule has 1 N–H and O–H groups in total. The van der Waals surface area contributed by atoms with Gasteiger partial charge < -0.3 is 10.2 Å². The highest BCUT2D eigenvalue weighted by molar-refractivity contribution is 5.95. The monoisotopic (exact) mass is 319 g/mol. The zero-order valence-electron chi connectivity index (χ0n) is 15.4. The SMILES string of the molecule is CCc1ccc(NC(=O)C(CN(CC)CC)N(CC)CC)cc1. The number of likely N-dealkylation sites (N-methyl/N-ethyl adjacent to an activating group) is 2. The smallest absolute Gasteiger partial charge is 0.243 e. The molecule has 4 nitrogen and oxygen atoms in total. The molecule has 0 heterocycles. The summed E-state index contributed by atoms with van der Waals surface area (Å²) in [4.78, 5) is 17.4. The Labute approximate surface area is 141 Å². The van der Waals surface area contributed by atoms with Crippen LogP contribution in [0.3, 0.4) is 0 Å². The molecule has 0 saturated carbocycles. The first-order valence-corrected chi connectivity index (χ1v) is 8.95. The maximum atomic E-state index is 12.8. The van der Waals surface area contributed by atoms with Crippen molar-refractivity contribution in [3.05, 3.63) is 29.8 Å². The van der Waals surface area contributed by atoms with Crippen molar-refractivity contribution in [2.75, 3.05) is 38.0 Å². The van der Waals surface area contributed by atoms with Gasteiger partial charge in [-0.15, -0.1) is 0 Å². The highest BCUT2D eigenvalue weighted by Crippen LogP contribution is 2.12. The van der Waals surface area contributed by atoms with Gasteiger partial charge in [0, 0.05) is 12.2 Å². The number of carbonyl (C=O) groups excluding carboxylic acids is 1. The van der Waals surface area contributed by atoms with Crippen molar-refractivity contribution in [2.45, 2.75) is 47.1 Å². The molecule has 1 aromatic carbocycles. The number of nitrogens with zero attached hydrogens (tertiary/aromatic N) is 2. The zero-order valence-corrected chi connectivity index (χ0v) is 15.4. The predicted molar refractivity (Wildman–Crippen MR) is 98.9 cm³/mol. The summed E-state index contributed by atoms with van der Waals surface area (Å²) in [5.41, 5.74) is 2.16. The summed E-state index contributed by atoms with van der Waals surface area (Å²) in [5.74, 6) is 0.0878. The van der Waals surface area contributed by atoms with Crippen molar-refractivity contribution in [3.63, 3.8) is 0 Å². The Morgan fingerprint density at radius 1 is 0.957 bits per heavy atom. The van der Waals surface area contributed by atoms with E-state index in [1.54, 1.807) is 0 Å². The van der Waals surface area contributed by atoms with E-state index in [0.29, 0.717) is 0 Å². The summed E-state index contributed by atoms with van der Waals surface area (Å²) in [7, 11) is 0. The molecule has 0 aromatic heterocycles. The van der Waals surface area contributed by atoms with Crippen LogP contribution in [-0.2, 0) is 11.2 Å². The first-order valence-electron chi connectivity index (χ1n) is 8.95. The van der Waals surface area contributed by atoms with E-state index in [4.69, 9.17) is 0 Å². The van der Waals surface area contributed by atoms with E-state index in [1.165, 1.54) is 5.56 Å². The van der Waals surface area contributed by atoms with Gasteiger partial charge in [0.15, 0.2) is 0 Å². The second-order valence-corrected chi connectivity index (χ2v) is 5.76. The van der Waals surface area contributed by atoms with Crippen molar-refractivity contribution in [3.8, 4) is 0 Å². The lowest BCUT2D eigenvalue weighted by atomic mass is 10.1. The maximum Gasteiger partial charge on any atom is 0.243 e. The van der Waals surface area contributed by atoms with Crippen LogP contribution in [0, 0.1) is 0 Å². The first kappa shape index (κ1) is 19.7. The van der Waals surface area contributed by atoms with Crippen LogP contribution >= 0.6 is 0 Å². The number of carbonyl (C=O) groups is 1. The van der Waals surface area contributed by atoms with Crippen molar-refractivity contribution >= 4 is 11.6 Å². The Bertz CT molecular complexity index is 450. The Morgan fingerprint density at radius 3 is 1.96 bits per heavy atom. The molecule has 130 valence electrons. The van der Waals surface area contributed by atoms with Crippen LogP contribution in [0.15, 0.2) is 24.3 Å². The lowest BCUT2D eigenvalue weighted by Gasteiger charge is -2.32. The third kappa shape index (κ3) is 5.96. The largest absolute Gasteiger partial charge is 0.325 e. The molecule has 23 heavy (non-hydrogen) atoms. The van der Waals surface area contributed by atoms with Crippen molar-refractivity contribution in [1.82, 2.24) is 9.80 Å². The van der Waals surface area contributed by atoms with Gasteiger partial charge in [-0.05, 0) is 50.3 Å². The summed E-state index contributed by atoms with van der Waals surface area (Å²) in [5, 5.41) is 3.09. The average molecular weight is 319 g/mol. The third-order valence-electron chi connectivity index (χ3n) is 4.51. The van der Waals surface area contributed by atoms with Crippen LogP contribution in [0.4, 0.5) is 5.69 Å². The van der Waals surface area contributed by atoms with E-state index in [1.807, 2.05) is 12.1 Å². The van der Waals surface area contributed by atoms with E-state index < -0.39 is 0 Å². The molecule has 0 aliphatic heterocycles. The quantitative estimate of drug-likeness (QED) is 0.719. The molecule has 0 aliphatic carbocycles. The van der Waals surface area contributed by atoms with Crippen LogP contribution in [0.5, 0.6) is 0 Å². The standard InChI is InChI=1S/C19H33N3O/c1-6-16-11-13-17(14-12-16)20-19(23)18(22(9-4)10-5)15-21(7-2)8-3/h11-14,18H,6-10,15H2,1-5H3,(H,20,23). The number of nitrogens with one attached hydrogen (secondary N) is 1. The van der Waals surface area contributed by atoms with Gasteiger partial charge in [0.2, 0.25) is 5.91 Å². The molecular formula is C19H33N3O. The van der Waals surface area contributed by atoms with Crippen LogP contribution in [0.2, 0.25) is 0 Å². The van der Waals surface area contributed by atoms with Crippen molar-refractivity contribution in [2.24, 2.45) is 0 Å². The number of benzene rings is 1. The second-order valence-electron chi connectivity index (χ2n) is 5.76. The Morgan fingerprint density at radius 2 is 1.52 bits per heavy atom. The molecule has 1 aromatic rings. The first-order chi connectivity index (χ1) is 11.1. The van der Waals surface area contributed by atoms with Gasteiger partial charge in [-0.25, -0.2) is 0 Å². The number of aryl methyl sites for hydroxylation is 1. The Hall–Kier alpha value is -1.39. The molecule has 1 atom stereocenters. The number of anilines is 1. The molecular weight excluding hydrogens is 286 g/mol. The molecule has 0 spiro atoms. The minimum Gasteiger partial charge on any atom is -0.325 e. The van der Waals surface area contributed by atoms with Gasteiger partial charge in [-0.1, -0.05) is 46.8 Å². The molecule has 4 heteroatoms. The summed E-state index contributed by atoms with van der Waals surface area (Å²) in [6.45, 7) is 15.1. The van der Waals surface area contributed by atoms with E-state index in [9.17, 15) is 4.79 Å². The van der Waals surface area contributed by atoms with E-state index >= 15 is 0 Å². The lowest BCUT2D eigenvalue weighted by molar-refractivity contribution is -0.121. The van der Waals surface area contributed by atoms with E-state index in [0.717, 1.165) is 44.8 Å². The minimum absolute atomic E-state index is 0.0878. The Balaban J connectivity index is 2.84. The fraction of sp³-hybridized carbons (Fsp3) is 0.632. The number of hydrogen-bond acceptors (Lipinski definition) is 3. The van der Waals surface area contributed by atoms with E-state index in [2.05, 4.69) is 61.9 Å². The zero-order chi connectivity index (χ0) is 17.2. The van der Waals surface area contributed by atoms with Crippen LogP contribution in [0.1, 0.15) is 40.2 Å². The van der Waals surface area contributed by atoms with E-state index in [-0.39, 0.29) is 11.9 Å². The average Bonchev–Trinajstić information content (AvgIpc) is 2.59. The fourth-order valence-corrected chi connectivity index (χ4v) is 2.80. The molecule has 1 rings (SSSR count). The summed E-state index contributed by atoms with van der Waals surface area (Å²) < 4.78 is 0. The van der Waals surface area contributed by atoms with Gasteiger partial charge >= 0.3 is 0 Å². The van der Waals surface area contributed by atoms with Gasteiger partial charge in [0.25, 0.3) is 0 Å². The molecule has 0 saturated heterocycles. The normalized spacial score (nSPS) is 12.7. The van der Waals surface area contributed by atoms with Gasteiger partial charge in [0.05, 0.1) is 0 Å². The van der Waals surface area contributed by atoms with Gasteiger partial charge in [-0.3, -0.25) is 9.69 Å². The number of amides is 1. The number of rotatable bonds is 10. The highest BCUT2D eigenvalue weighted by Gasteiger charge is 2.25. The minimum atomic E-state index is -0.115. The van der Waals surface area contributed by atoms with Crippen LogP contribution in [-0.4, -0.2) is 54.5 Å². The van der Waals surface area contributed by atoms with Gasteiger partial charge in [-0.2, -0.15) is 0 Å².